The van der Waals surface area contributed by atoms with Crippen molar-refractivity contribution >= 4 is 29.1 Å². The molecule has 31 heavy (non-hydrogen) atoms. The van der Waals surface area contributed by atoms with Crippen molar-refractivity contribution in [2.75, 3.05) is 17.2 Å². The quantitative estimate of drug-likeness (QED) is 0.415. The van der Waals surface area contributed by atoms with Crippen LogP contribution in [0.25, 0.3) is 11.3 Å². The van der Waals surface area contributed by atoms with Crippen LogP contribution in [0.2, 0.25) is 5.02 Å². The lowest BCUT2D eigenvalue weighted by Crippen LogP contribution is -2.21. The van der Waals surface area contributed by atoms with Crippen molar-refractivity contribution < 1.29 is 27.4 Å². The van der Waals surface area contributed by atoms with E-state index in [2.05, 4.69) is 25.3 Å². The van der Waals surface area contributed by atoms with Gasteiger partial charge >= 0.3 is 6.36 Å². The highest BCUT2D eigenvalue weighted by molar-refractivity contribution is 6.33. The Bertz CT molecular complexity index is 1070. The van der Waals surface area contributed by atoms with Crippen molar-refractivity contribution in [2.24, 2.45) is 0 Å². The molecule has 3 N–H and O–H groups in total. The minimum atomic E-state index is -4.83. The van der Waals surface area contributed by atoms with E-state index in [0.29, 0.717) is 11.3 Å². The van der Waals surface area contributed by atoms with E-state index >= 15 is 0 Å². The molecule has 6 nitrogen and oxygen atoms in total. The second-order valence-electron chi connectivity index (χ2n) is 6.51. The Morgan fingerprint density at radius 1 is 1.13 bits per heavy atom. The first-order valence-corrected chi connectivity index (χ1v) is 9.35. The number of benzene rings is 2. The Kier molecular flexibility index (Phi) is 6.81. The average molecular weight is 457 g/mol. The second kappa shape index (κ2) is 9.36. The molecule has 1 heterocycles. The summed E-state index contributed by atoms with van der Waals surface area (Å²) in [6.07, 6.45) is -4.83. The maximum Gasteiger partial charge on any atom is 0.573 e. The predicted octanol–water partition coefficient (Wildman–Crippen LogP) is 5.37. The number of aliphatic hydroxyl groups excluding tert-OH is 1. The van der Waals surface area contributed by atoms with Gasteiger partial charge in [-0.2, -0.15) is 4.98 Å². The van der Waals surface area contributed by atoms with Crippen molar-refractivity contribution in [3.63, 3.8) is 0 Å². The summed E-state index contributed by atoms with van der Waals surface area (Å²) in [6.45, 7) is 1.49. The molecule has 1 atom stereocenters. The maximum absolute atomic E-state index is 13.3. The van der Waals surface area contributed by atoms with E-state index in [1.807, 2.05) is 0 Å². The highest BCUT2D eigenvalue weighted by Crippen LogP contribution is 2.31. The summed E-state index contributed by atoms with van der Waals surface area (Å²) in [5.41, 5.74) is 0.969. The molecule has 0 spiro atoms. The zero-order valence-corrected chi connectivity index (χ0v) is 16.8. The van der Waals surface area contributed by atoms with Crippen LogP contribution in [0.1, 0.15) is 6.92 Å². The van der Waals surface area contributed by atoms with Crippen LogP contribution in [-0.2, 0) is 0 Å². The van der Waals surface area contributed by atoms with Gasteiger partial charge in [-0.1, -0.05) is 23.7 Å². The fraction of sp³-hybridized carbons (Fsp3) is 0.200. The molecular formula is C20H17ClF4N4O2. The third-order valence-corrected chi connectivity index (χ3v) is 4.25. The smallest absolute Gasteiger partial charge is 0.406 e. The molecule has 1 aromatic heterocycles. The van der Waals surface area contributed by atoms with Gasteiger partial charge in [-0.3, -0.25) is 0 Å². The van der Waals surface area contributed by atoms with Crippen LogP contribution in [0, 0.1) is 5.82 Å². The van der Waals surface area contributed by atoms with Crippen LogP contribution >= 0.6 is 11.6 Å². The number of hydrogen-bond donors (Lipinski definition) is 3. The molecule has 3 aromatic rings. The molecule has 11 heteroatoms. The SMILES string of the molecule is C[C@@H](CO)Nc1nc(Nc2ccc(F)cc2Cl)cc(-c2cccc(OC(F)(F)F)c2)n1. The topological polar surface area (TPSA) is 79.3 Å². The molecule has 0 aliphatic rings. The number of aromatic nitrogens is 2. The number of halogens is 5. The molecule has 0 amide bonds. The van der Waals surface area contributed by atoms with Gasteiger partial charge in [0.15, 0.2) is 0 Å². The average Bonchev–Trinajstić information content (AvgIpc) is 2.69. The minimum Gasteiger partial charge on any atom is -0.406 e. The predicted molar refractivity (Wildman–Crippen MR) is 109 cm³/mol. The number of hydrogen-bond acceptors (Lipinski definition) is 6. The van der Waals surface area contributed by atoms with Crippen LogP contribution < -0.4 is 15.4 Å². The molecule has 164 valence electrons. The molecule has 0 saturated carbocycles. The lowest BCUT2D eigenvalue weighted by atomic mass is 10.1. The van der Waals surface area contributed by atoms with Gasteiger partial charge in [-0.05, 0) is 37.3 Å². The summed E-state index contributed by atoms with van der Waals surface area (Å²) in [4.78, 5) is 8.58. The first-order valence-electron chi connectivity index (χ1n) is 8.97. The van der Waals surface area contributed by atoms with E-state index in [-0.39, 0.29) is 29.1 Å². The fourth-order valence-electron chi connectivity index (χ4n) is 2.57. The van der Waals surface area contributed by atoms with Gasteiger partial charge in [0.2, 0.25) is 5.95 Å². The summed E-state index contributed by atoms with van der Waals surface area (Å²) in [5.74, 6) is -0.562. The van der Waals surface area contributed by atoms with Crippen molar-refractivity contribution in [3.05, 3.63) is 59.4 Å². The summed E-state index contributed by atoms with van der Waals surface area (Å²) < 4.78 is 55.0. The molecule has 0 fully saturated rings. The van der Waals surface area contributed by atoms with Gasteiger partial charge in [0.05, 0.1) is 23.0 Å². The lowest BCUT2D eigenvalue weighted by molar-refractivity contribution is -0.274. The van der Waals surface area contributed by atoms with Gasteiger partial charge in [0.25, 0.3) is 0 Å². The Hall–Kier alpha value is -3.11. The van der Waals surface area contributed by atoms with Crippen molar-refractivity contribution in [1.82, 2.24) is 9.97 Å². The van der Waals surface area contributed by atoms with Gasteiger partial charge in [-0.25, -0.2) is 9.37 Å². The largest absolute Gasteiger partial charge is 0.573 e. The molecule has 0 bridgehead atoms. The van der Waals surface area contributed by atoms with Gasteiger partial charge < -0.3 is 20.5 Å². The molecule has 0 unspecified atom stereocenters. The highest BCUT2D eigenvalue weighted by atomic mass is 35.5. The summed E-state index contributed by atoms with van der Waals surface area (Å²) in [7, 11) is 0. The van der Waals surface area contributed by atoms with Crippen molar-refractivity contribution in [1.29, 1.82) is 0 Å². The molecule has 0 radical (unpaired) electrons. The summed E-state index contributed by atoms with van der Waals surface area (Å²) in [6, 6.07) is 10.1. The normalized spacial score (nSPS) is 12.4. The van der Waals surface area contributed by atoms with Crippen LogP contribution in [0.4, 0.5) is 35.0 Å². The first kappa shape index (κ1) is 22.6. The molecule has 0 aliphatic heterocycles. The van der Waals surface area contributed by atoms with E-state index in [9.17, 15) is 22.7 Å². The van der Waals surface area contributed by atoms with Crippen molar-refractivity contribution in [2.45, 2.75) is 19.3 Å². The minimum absolute atomic E-state index is 0.110. The van der Waals surface area contributed by atoms with Crippen LogP contribution in [-0.4, -0.2) is 34.1 Å². The number of nitrogens with one attached hydrogen (secondary N) is 2. The van der Waals surface area contributed by atoms with E-state index in [4.69, 9.17) is 11.6 Å². The van der Waals surface area contributed by atoms with Gasteiger partial charge in [0.1, 0.15) is 17.4 Å². The van der Waals surface area contributed by atoms with E-state index in [0.717, 1.165) is 6.07 Å². The number of aliphatic hydroxyl groups is 1. The third-order valence-electron chi connectivity index (χ3n) is 3.93. The van der Waals surface area contributed by atoms with Gasteiger partial charge in [-0.15, -0.1) is 13.2 Å². The first-order chi connectivity index (χ1) is 14.6. The van der Waals surface area contributed by atoms with Gasteiger partial charge in [0, 0.05) is 17.7 Å². The fourth-order valence-corrected chi connectivity index (χ4v) is 2.79. The number of nitrogens with zero attached hydrogens (tertiary/aromatic N) is 2. The van der Waals surface area contributed by atoms with Crippen LogP contribution in [0.5, 0.6) is 5.75 Å². The molecular weight excluding hydrogens is 440 g/mol. The summed E-state index contributed by atoms with van der Waals surface area (Å²) >= 11 is 6.05. The van der Waals surface area contributed by atoms with Crippen LogP contribution in [0.15, 0.2) is 48.5 Å². The highest BCUT2D eigenvalue weighted by Gasteiger charge is 2.31. The Balaban J connectivity index is 2.00. The second-order valence-corrected chi connectivity index (χ2v) is 6.92. The number of anilines is 3. The lowest BCUT2D eigenvalue weighted by Gasteiger charge is -2.15. The Labute approximate surface area is 179 Å². The number of alkyl halides is 3. The Morgan fingerprint density at radius 3 is 2.58 bits per heavy atom. The number of ether oxygens (including phenoxy) is 1. The van der Waals surface area contributed by atoms with E-state index < -0.39 is 24.0 Å². The van der Waals surface area contributed by atoms with Crippen LogP contribution in [0.3, 0.4) is 0 Å². The maximum atomic E-state index is 13.3. The van der Waals surface area contributed by atoms with E-state index in [1.54, 1.807) is 13.0 Å². The summed E-state index contributed by atoms with van der Waals surface area (Å²) in [5, 5.41) is 15.2. The monoisotopic (exact) mass is 456 g/mol. The van der Waals surface area contributed by atoms with E-state index in [1.165, 1.54) is 36.4 Å². The molecule has 0 saturated heterocycles. The Morgan fingerprint density at radius 2 is 1.90 bits per heavy atom. The molecule has 3 rings (SSSR count). The third kappa shape index (κ3) is 6.43. The van der Waals surface area contributed by atoms with Crippen molar-refractivity contribution in [3.8, 4) is 17.0 Å². The zero-order chi connectivity index (χ0) is 22.6. The molecule has 2 aromatic carbocycles. The zero-order valence-electron chi connectivity index (χ0n) is 16.0. The number of rotatable bonds is 7. The molecule has 0 aliphatic carbocycles. The standard InChI is InChI=1S/C20H17ClF4N4O2/c1-11(10-30)26-19-28-17(12-3-2-4-14(7-12)31-20(23,24)25)9-18(29-19)27-16-6-5-13(22)8-15(16)21/h2-9,11,30H,10H2,1H3,(H2,26,27,28,29)/t11-/m0/s1.